The topological polar surface area (TPSA) is 60.5 Å². The molecule has 0 unspecified atom stereocenters. The molecular weight excluding hydrogens is 343 g/mol. The number of rotatable bonds is 6. The fraction of sp³-hybridized carbons (Fsp3) is 0.222. The number of fused-ring (bicyclic) bond motifs is 1. The lowest BCUT2D eigenvalue weighted by atomic mass is 10.3. The Morgan fingerprint density at radius 3 is 2.88 bits per heavy atom. The number of halogens is 1. The molecule has 0 fully saturated rings. The summed E-state index contributed by atoms with van der Waals surface area (Å²) in [6.07, 6.45) is -0.858. The summed E-state index contributed by atoms with van der Waals surface area (Å²) in [5.41, 5.74) is 0.770. The van der Waals surface area contributed by atoms with Crippen LogP contribution in [-0.4, -0.2) is 23.6 Å². The van der Waals surface area contributed by atoms with Crippen LogP contribution in [0.3, 0.4) is 0 Å². The van der Waals surface area contributed by atoms with Gasteiger partial charge in [0, 0.05) is 0 Å². The number of carbonyl (C=O) groups is 1. The van der Waals surface area contributed by atoms with Crippen LogP contribution in [0.15, 0.2) is 42.5 Å². The molecule has 0 bridgehead atoms. The lowest BCUT2D eigenvalue weighted by Crippen LogP contribution is -2.30. The van der Waals surface area contributed by atoms with E-state index in [9.17, 15) is 9.18 Å². The third-order valence-electron chi connectivity index (χ3n) is 3.41. The van der Waals surface area contributed by atoms with E-state index in [1.807, 2.05) is 25.1 Å². The number of ether oxygens (including phenoxy) is 2. The van der Waals surface area contributed by atoms with Crippen molar-refractivity contribution in [3.05, 3.63) is 48.3 Å². The van der Waals surface area contributed by atoms with Gasteiger partial charge in [-0.05, 0) is 44.2 Å². The van der Waals surface area contributed by atoms with Crippen molar-refractivity contribution in [3.63, 3.8) is 0 Å². The van der Waals surface area contributed by atoms with Gasteiger partial charge in [-0.1, -0.05) is 23.5 Å². The molecule has 0 saturated heterocycles. The quantitative estimate of drug-likeness (QED) is 0.714. The van der Waals surface area contributed by atoms with Crippen LogP contribution in [0, 0.1) is 5.82 Å². The first-order valence-corrected chi connectivity index (χ1v) is 8.64. The second-order valence-corrected chi connectivity index (χ2v) is 6.29. The Morgan fingerprint density at radius 2 is 2.12 bits per heavy atom. The highest BCUT2D eigenvalue weighted by Gasteiger charge is 2.18. The number of hydrogen-bond acceptors (Lipinski definition) is 5. The number of anilines is 1. The van der Waals surface area contributed by atoms with Gasteiger partial charge in [-0.2, -0.15) is 0 Å². The summed E-state index contributed by atoms with van der Waals surface area (Å²) >= 11 is 1.34. The summed E-state index contributed by atoms with van der Waals surface area (Å²) in [7, 11) is 0. The van der Waals surface area contributed by atoms with E-state index in [-0.39, 0.29) is 5.75 Å². The summed E-state index contributed by atoms with van der Waals surface area (Å²) in [6, 6.07) is 11.5. The van der Waals surface area contributed by atoms with Gasteiger partial charge in [0.15, 0.2) is 22.8 Å². The van der Waals surface area contributed by atoms with Crippen LogP contribution < -0.4 is 14.8 Å². The lowest BCUT2D eigenvalue weighted by Gasteiger charge is -2.13. The molecule has 1 aromatic heterocycles. The van der Waals surface area contributed by atoms with Crippen molar-refractivity contribution in [2.75, 3.05) is 11.9 Å². The van der Waals surface area contributed by atoms with Crippen LogP contribution in [0.1, 0.15) is 13.8 Å². The predicted octanol–water partition coefficient (Wildman–Crippen LogP) is 4.24. The van der Waals surface area contributed by atoms with E-state index in [2.05, 4.69) is 10.3 Å². The Kier molecular flexibility index (Phi) is 5.14. The smallest absolute Gasteiger partial charge is 0.266 e. The normalized spacial score (nSPS) is 12.0. The molecule has 0 aliphatic rings. The van der Waals surface area contributed by atoms with E-state index in [4.69, 9.17) is 9.47 Å². The third kappa shape index (κ3) is 4.06. The lowest BCUT2D eigenvalue weighted by molar-refractivity contribution is -0.122. The van der Waals surface area contributed by atoms with Gasteiger partial charge in [0.2, 0.25) is 0 Å². The molecule has 2 aromatic carbocycles. The van der Waals surface area contributed by atoms with E-state index < -0.39 is 17.8 Å². The summed E-state index contributed by atoms with van der Waals surface area (Å²) in [6.45, 7) is 4.06. The van der Waals surface area contributed by atoms with Gasteiger partial charge in [0.25, 0.3) is 5.91 Å². The van der Waals surface area contributed by atoms with E-state index in [1.165, 1.54) is 23.5 Å². The zero-order valence-corrected chi connectivity index (χ0v) is 14.6. The van der Waals surface area contributed by atoms with Gasteiger partial charge >= 0.3 is 0 Å². The van der Waals surface area contributed by atoms with Crippen molar-refractivity contribution in [2.24, 2.45) is 0 Å². The van der Waals surface area contributed by atoms with Crippen molar-refractivity contribution in [1.29, 1.82) is 0 Å². The summed E-state index contributed by atoms with van der Waals surface area (Å²) < 4.78 is 25.3. The van der Waals surface area contributed by atoms with E-state index in [0.717, 1.165) is 16.0 Å². The maximum Gasteiger partial charge on any atom is 0.266 e. The SMILES string of the molecule is CCOc1ccc2nc(NC(=O)[C@H](C)Oc3ccccc3F)sc2c1. The largest absolute Gasteiger partial charge is 0.494 e. The number of amides is 1. The van der Waals surface area contributed by atoms with Crippen LogP contribution in [0.5, 0.6) is 11.5 Å². The molecule has 25 heavy (non-hydrogen) atoms. The molecule has 0 saturated carbocycles. The van der Waals surface area contributed by atoms with Crippen molar-refractivity contribution >= 4 is 32.6 Å². The zero-order valence-electron chi connectivity index (χ0n) is 13.8. The van der Waals surface area contributed by atoms with Crippen LogP contribution in [0.25, 0.3) is 10.2 Å². The standard InChI is InChI=1S/C18H17FN2O3S/c1-3-23-12-8-9-14-16(10-12)25-18(20-14)21-17(22)11(2)24-15-7-5-4-6-13(15)19/h4-11H,3H2,1-2H3,(H,20,21,22)/t11-/m0/s1. The zero-order chi connectivity index (χ0) is 17.8. The van der Waals surface area contributed by atoms with Gasteiger partial charge in [0.1, 0.15) is 5.75 Å². The Hall–Kier alpha value is -2.67. The first kappa shape index (κ1) is 17.2. The van der Waals surface area contributed by atoms with Crippen LogP contribution in [-0.2, 0) is 4.79 Å². The molecule has 1 heterocycles. The molecule has 0 aliphatic carbocycles. The molecule has 7 heteroatoms. The van der Waals surface area contributed by atoms with Crippen molar-refractivity contribution in [1.82, 2.24) is 4.98 Å². The fourth-order valence-electron chi connectivity index (χ4n) is 2.21. The van der Waals surface area contributed by atoms with Gasteiger partial charge in [-0.3, -0.25) is 10.1 Å². The van der Waals surface area contributed by atoms with Crippen molar-refractivity contribution in [2.45, 2.75) is 20.0 Å². The Morgan fingerprint density at radius 1 is 1.32 bits per heavy atom. The van der Waals surface area contributed by atoms with E-state index >= 15 is 0 Å². The summed E-state index contributed by atoms with van der Waals surface area (Å²) in [4.78, 5) is 16.6. The van der Waals surface area contributed by atoms with Crippen molar-refractivity contribution < 1.29 is 18.7 Å². The maximum atomic E-state index is 13.6. The molecule has 0 spiro atoms. The number of nitrogens with zero attached hydrogens (tertiary/aromatic N) is 1. The monoisotopic (exact) mass is 360 g/mol. The molecule has 3 aromatic rings. The van der Waals surface area contributed by atoms with Gasteiger partial charge in [0.05, 0.1) is 16.8 Å². The average molecular weight is 360 g/mol. The number of carbonyl (C=O) groups excluding carboxylic acids is 1. The third-order valence-corrected chi connectivity index (χ3v) is 4.34. The minimum absolute atomic E-state index is 0.0378. The summed E-state index contributed by atoms with van der Waals surface area (Å²) in [5, 5.41) is 3.16. The van der Waals surface area contributed by atoms with Crippen molar-refractivity contribution in [3.8, 4) is 11.5 Å². The minimum atomic E-state index is -0.858. The molecule has 0 aliphatic heterocycles. The number of hydrogen-bond donors (Lipinski definition) is 1. The molecule has 130 valence electrons. The van der Waals surface area contributed by atoms with Gasteiger partial charge in [-0.15, -0.1) is 0 Å². The van der Waals surface area contributed by atoms with Gasteiger partial charge in [-0.25, -0.2) is 9.37 Å². The number of aromatic nitrogens is 1. The molecule has 5 nitrogen and oxygen atoms in total. The number of nitrogens with one attached hydrogen (secondary N) is 1. The first-order valence-electron chi connectivity index (χ1n) is 7.82. The first-order chi connectivity index (χ1) is 12.1. The molecule has 3 rings (SSSR count). The number of para-hydroxylation sites is 1. The highest BCUT2D eigenvalue weighted by molar-refractivity contribution is 7.22. The predicted molar refractivity (Wildman–Crippen MR) is 95.9 cm³/mol. The van der Waals surface area contributed by atoms with E-state index in [0.29, 0.717) is 11.7 Å². The molecular formula is C18H17FN2O3S. The number of thiazole rings is 1. The minimum Gasteiger partial charge on any atom is -0.494 e. The number of benzene rings is 2. The second-order valence-electron chi connectivity index (χ2n) is 5.26. The highest BCUT2D eigenvalue weighted by Crippen LogP contribution is 2.29. The Labute approximate surface area is 148 Å². The molecule has 1 atom stereocenters. The molecule has 1 N–H and O–H groups in total. The van der Waals surface area contributed by atoms with E-state index in [1.54, 1.807) is 19.1 Å². The Bertz CT molecular complexity index is 897. The second kappa shape index (κ2) is 7.48. The molecule has 1 amide bonds. The van der Waals surface area contributed by atoms with Crippen LogP contribution in [0.2, 0.25) is 0 Å². The Balaban J connectivity index is 1.69. The average Bonchev–Trinajstić information content (AvgIpc) is 2.98. The summed E-state index contributed by atoms with van der Waals surface area (Å²) in [5.74, 6) is -0.110. The highest BCUT2D eigenvalue weighted by atomic mass is 32.1. The maximum absolute atomic E-state index is 13.6. The molecule has 0 radical (unpaired) electrons. The van der Waals surface area contributed by atoms with Crippen LogP contribution in [0.4, 0.5) is 9.52 Å². The van der Waals surface area contributed by atoms with Crippen LogP contribution >= 0.6 is 11.3 Å². The fourth-order valence-corrected chi connectivity index (χ4v) is 3.10. The van der Waals surface area contributed by atoms with Gasteiger partial charge < -0.3 is 9.47 Å².